The molecule has 0 amide bonds. The Labute approximate surface area is 135 Å². The largest absolute Gasteiger partial charge is 0.313 e. The van der Waals surface area contributed by atoms with Gasteiger partial charge in [0.15, 0.2) is 5.65 Å². The lowest BCUT2D eigenvalue weighted by Crippen LogP contribution is -2.22. The van der Waals surface area contributed by atoms with Crippen molar-refractivity contribution in [1.29, 1.82) is 0 Å². The lowest BCUT2D eigenvalue weighted by Gasteiger charge is -2.15. The van der Waals surface area contributed by atoms with Gasteiger partial charge < -0.3 is 9.47 Å². The average molecular weight is 327 g/mol. The van der Waals surface area contributed by atoms with Crippen LogP contribution in [0, 0.1) is 0 Å². The van der Waals surface area contributed by atoms with Crippen LogP contribution in [0.15, 0.2) is 12.3 Å². The van der Waals surface area contributed by atoms with E-state index in [1.165, 1.54) is 25.9 Å². The molecule has 0 atom stereocenters. The van der Waals surface area contributed by atoms with Gasteiger partial charge in [-0.1, -0.05) is 11.6 Å². The van der Waals surface area contributed by atoms with Gasteiger partial charge in [0.25, 0.3) is 0 Å². The zero-order chi connectivity index (χ0) is 14.7. The summed E-state index contributed by atoms with van der Waals surface area (Å²) in [5.74, 6) is 1.58. The van der Waals surface area contributed by atoms with Gasteiger partial charge in [-0.25, -0.2) is 9.97 Å². The summed E-state index contributed by atoms with van der Waals surface area (Å²) in [5, 5.41) is 0.627. The van der Waals surface area contributed by atoms with Crippen LogP contribution in [0.3, 0.4) is 0 Å². The normalized spacial score (nSPS) is 16.1. The number of rotatable bonds is 6. The van der Waals surface area contributed by atoms with Crippen molar-refractivity contribution < 1.29 is 0 Å². The first-order valence-corrected chi connectivity index (χ1v) is 8.48. The molecule has 0 unspecified atom stereocenters. The summed E-state index contributed by atoms with van der Waals surface area (Å²) in [4.78, 5) is 11.6. The molecule has 114 valence electrons. The van der Waals surface area contributed by atoms with Gasteiger partial charge in [-0.3, -0.25) is 0 Å². The second kappa shape index (κ2) is 6.95. The second-order valence-electron chi connectivity index (χ2n) is 5.52. The molecule has 0 spiro atoms. The standard InChI is InChI=1S/C15H20Cl2N4/c16-5-4-14-19-13-10-12(17)11-18-15(13)21(14)9-3-8-20-6-1-2-7-20/h10-11H,1-9H2. The zero-order valence-corrected chi connectivity index (χ0v) is 13.6. The zero-order valence-electron chi connectivity index (χ0n) is 12.1. The minimum Gasteiger partial charge on any atom is -0.313 e. The average Bonchev–Trinajstić information content (AvgIpc) is 3.08. The molecule has 3 heterocycles. The van der Waals surface area contributed by atoms with Gasteiger partial charge in [0.05, 0.1) is 5.02 Å². The summed E-state index contributed by atoms with van der Waals surface area (Å²) in [5.41, 5.74) is 1.78. The Morgan fingerprint density at radius 3 is 2.76 bits per heavy atom. The van der Waals surface area contributed by atoms with Gasteiger partial charge in [0, 0.05) is 25.0 Å². The van der Waals surface area contributed by atoms with Crippen molar-refractivity contribution >= 4 is 34.4 Å². The van der Waals surface area contributed by atoms with Crippen molar-refractivity contribution in [1.82, 2.24) is 19.4 Å². The Hall–Kier alpha value is -0.840. The molecule has 0 radical (unpaired) electrons. The highest BCUT2D eigenvalue weighted by molar-refractivity contribution is 6.31. The fourth-order valence-electron chi connectivity index (χ4n) is 3.00. The summed E-state index contributed by atoms with van der Waals surface area (Å²) in [7, 11) is 0. The summed E-state index contributed by atoms with van der Waals surface area (Å²) in [6, 6.07) is 1.87. The first kappa shape index (κ1) is 15.1. The molecule has 2 aromatic rings. The monoisotopic (exact) mass is 326 g/mol. The molecule has 0 saturated carbocycles. The lowest BCUT2D eigenvalue weighted by molar-refractivity contribution is 0.325. The van der Waals surface area contributed by atoms with Crippen LogP contribution in [0.25, 0.3) is 11.2 Å². The van der Waals surface area contributed by atoms with Gasteiger partial charge in [-0.05, 0) is 45.0 Å². The quantitative estimate of drug-likeness (QED) is 0.763. The third kappa shape index (κ3) is 3.50. The number of pyridine rings is 1. The number of likely N-dealkylation sites (tertiary alicyclic amines) is 1. The van der Waals surface area contributed by atoms with Crippen molar-refractivity contribution in [2.45, 2.75) is 32.2 Å². The summed E-state index contributed by atoms with van der Waals surface area (Å²) in [6.07, 6.45) is 6.24. The van der Waals surface area contributed by atoms with E-state index >= 15 is 0 Å². The van der Waals surface area contributed by atoms with Crippen molar-refractivity contribution in [3.05, 3.63) is 23.1 Å². The Bertz CT molecular complexity index is 605. The number of imidazole rings is 1. The van der Waals surface area contributed by atoms with Crippen LogP contribution >= 0.6 is 23.2 Å². The third-order valence-corrected chi connectivity index (χ3v) is 4.40. The van der Waals surface area contributed by atoms with Gasteiger partial charge in [0.2, 0.25) is 0 Å². The number of aromatic nitrogens is 3. The molecule has 1 aliphatic rings. The van der Waals surface area contributed by atoms with E-state index in [4.69, 9.17) is 23.2 Å². The molecule has 1 saturated heterocycles. The molecule has 0 aromatic carbocycles. The molecule has 0 aliphatic carbocycles. The van der Waals surface area contributed by atoms with Crippen molar-refractivity contribution in [3.8, 4) is 0 Å². The third-order valence-electron chi connectivity index (χ3n) is 4.00. The topological polar surface area (TPSA) is 34.0 Å². The number of hydrogen-bond acceptors (Lipinski definition) is 3. The number of halogens is 2. The minimum absolute atomic E-state index is 0.573. The predicted molar refractivity (Wildman–Crippen MR) is 87.3 cm³/mol. The maximum absolute atomic E-state index is 6.00. The smallest absolute Gasteiger partial charge is 0.160 e. The van der Waals surface area contributed by atoms with Crippen LogP contribution in [0.2, 0.25) is 5.02 Å². The Balaban J connectivity index is 1.76. The molecule has 1 fully saturated rings. The van der Waals surface area contributed by atoms with Crippen LogP contribution in [-0.2, 0) is 13.0 Å². The predicted octanol–water partition coefficient (Wildman–Crippen LogP) is 3.35. The molecule has 2 aromatic heterocycles. The molecule has 3 rings (SSSR count). The highest BCUT2D eigenvalue weighted by atomic mass is 35.5. The highest BCUT2D eigenvalue weighted by Crippen LogP contribution is 2.19. The van der Waals surface area contributed by atoms with Crippen LogP contribution in [-0.4, -0.2) is 44.9 Å². The molecular formula is C15H20Cl2N4. The molecular weight excluding hydrogens is 307 g/mol. The van der Waals surface area contributed by atoms with E-state index in [0.717, 1.165) is 42.9 Å². The van der Waals surface area contributed by atoms with E-state index in [9.17, 15) is 0 Å². The van der Waals surface area contributed by atoms with Gasteiger partial charge in [0.1, 0.15) is 11.3 Å². The molecule has 4 nitrogen and oxygen atoms in total. The lowest BCUT2D eigenvalue weighted by atomic mass is 10.3. The number of fused-ring (bicyclic) bond motifs is 1. The van der Waals surface area contributed by atoms with Crippen molar-refractivity contribution in [3.63, 3.8) is 0 Å². The van der Waals surface area contributed by atoms with Gasteiger partial charge >= 0.3 is 0 Å². The minimum atomic E-state index is 0.573. The summed E-state index contributed by atoms with van der Waals surface area (Å²) >= 11 is 11.9. The maximum atomic E-state index is 6.00. The van der Waals surface area contributed by atoms with E-state index in [0.29, 0.717) is 10.9 Å². The SMILES string of the molecule is ClCCc1nc2cc(Cl)cnc2n1CCCN1CCCC1. The fourth-order valence-corrected chi connectivity index (χ4v) is 3.32. The molecule has 0 bridgehead atoms. The van der Waals surface area contributed by atoms with E-state index in [1.807, 2.05) is 6.07 Å². The highest BCUT2D eigenvalue weighted by Gasteiger charge is 2.14. The van der Waals surface area contributed by atoms with E-state index in [1.54, 1.807) is 6.20 Å². The molecule has 1 aliphatic heterocycles. The fraction of sp³-hybridized carbons (Fsp3) is 0.600. The summed E-state index contributed by atoms with van der Waals surface area (Å²) in [6.45, 7) is 4.57. The van der Waals surface area contributed by atoms with Crippen LogP contribution in [0.5, 0.6) is 0 Å². The first-order chi connectivity index (χ1) is 10.3. The van der Waals surface area contributed by atoms with Gasteiger partial charge in [-0.2, -0.15) is 0 Å². The Kier molecular flexibility index (Phi) is 4.99. The molecule has 0 N–H and O–H groups in total. The number of hydrogen-bond donors (Lipinski definition) is 0. The van der Waals surface area contributed by atoms with E-state index in [2.05, 4.69) is 19.4 Å². The van der Waals surface area contributed by atoms with E-state index in [-0.39, 0.29) is 0 Å². The second-order valence-corrected chi connectivity index (χ2v) is 6.33. The molecule has 6 heteroatoms. The van der Waals surface area contributed by atoms with Crippen LogP contribution < -0.4 is 0 Å². The van der Waals surface area contributed by atoms with Gasteiger partial charge in [-0.15, -0.1) is 11.6 Å². The first-order valence-electron chi connectivity index (χ1n) is 7.57. The summed E-state index contributed by atoms with van der Waals surface area (Å²) < 4.78 is 2.20. The van der Waals surface area contributed by atoms with E-state index < -0.39 is 0 Å². The Morgan fingerprint density at radius 2 is 2.00 bits per heavy atom. The molecule has 21 heavy (non-hydrogen) atoms. The number of alkyl halides is 1. The van der Waals surface area contributed by atoms with Crippen LogP contribution in [0.1, 0.15) is 25.1 Å². The number of aryl methyl sites for hydroxylation is 2. The van der Waals surface area contributed by atoms with Crippen molar-refractivity contribution in [2.24, 2.45) is 0 Å². The maximum Gasteiger partial charge on any atom is 0.160 e. The Morgan fingerprint density at radius 1 is 1.19 bits per heavy atom. The van der Waals surface area contributed by atoms with Crippen LogP contribution in [0.4, 0.5) is 0 Å². The van der Waals surface area contributed by atoms with Crippen molar-refractivity contribution in [2.75, 3.05) is 25.5 Å². The number of nitrogens with zero attached hydrogens (tertiary/aromatic N) is 4.